The van der Waals surface area contributed by atoms with Gasteiger partial charge in [0.1, 0.15) is 6.04 Å². The molecule has 0 aliphatic carbocycles. The molecule has 0 aliphatic heterocycles. The summed E-state index contributed by atoms with van der Waals surface area (Å²) in [6.07, 6.45) is 3.83. The molecule has 0 aliphatic rings. The van der Waals surface area contributed by atoms with E-state index in [0.717, 1.165) is 0 Å². The Morgan fingerprint density at radius 2 is 1.60 bits per heavy atom. The van der Waals surface area contributed by atoms with Gasteiger partial charge in [0.05, 0.1) is 17.0 Å². The minimum atomic E-state index is -0.762. The molecule has 2 rings (SSSR count). The monoisotopic (exact) mass is 412 g/mol. The van der Waals surface area contributed by atoms with Gasteiger partial charge in [-0.1, -0.05) is 24.3 Å². The summed E-state index contributed by atoms with van der Waals surface area (Å²) in [6.45, 7) is 0.391. The van der Waals surface area contributed by atoms with Crippen LogP contribution in [0.15, 0.2) is 58.5 Å². The van der Waals surface area contributed by atoms with E-state index in [1.54, 1.807) is 18.2 Å². The lowest BCUT2D eigenvalue weighted by Gasteiger charge is -2.09. The summed E-state index contributed by atoms with van der Waals surface area (Å²) in [5.41, 5.74) is 1.03. The molecule has 30 heavy (non-hydrogen) atoms. The molecule has 0 fully saturated rings. The predicted molar refractivity (Wildman–Crippen MR) is 111 cm³/mol. The van der Waals surface area contributed by atoms with Crippen LogP contribution in [0.25, 0.3) is 0 Å². The third-order valence-electron chi connectivity index (χ3n) is 4.04. The fourth-order valence-corrected chi connectivity index (χ4v) is 2.55. The average molecular weight is 412 g/mol. The number of ether oxygens (including phenoxy) is 1. The Kier molecular flexibility index (Phi) is 8.30. The Bertz CT molecular complexity index is 973. The fourth-order valence-electron chi connectivity index (χ4n) is 2.55. The quantitative estimate of drug-likeness (QED) is 0.193. The number of nitro groups is 2. The standard InChI is InChI=1S/C20H20N4O6/c1-30-20(25)19(22-14-16-6-3-8-18(12-16)24(28)29)9-4-10-21-13-15-5-2-7-17(11-15)23(26)27/h2-3,5-8,11-14,19H,4,9-10H2,1H3. The van der Waals surface area contributed by atoms with Crippen LogP contribution < -0.4 is 0 Å². The van der Waals surface area contributed by atoms with Crippen LogP contribution in [0.5, 0.6) is 0 Å². The van der Waals surface area contributed by atoms with Gasteiger partial charge >= 0.3 is 5.97 Å². The van der Waals surface area contributed by atoms with Crippen LogP contribution in [-0.2, 0) is 9.53 Å². The van der Waals surface area contributed by atoms with Crippen molar-refractivity contribution in [1.82, 2.24) is 0 Å². The van der Waals surface area contributed by atoms with Crippen molar-refractivity contribution in [3.63, 3.8) is 0 Å². The van der Waals surface area contributed by atoms with Gasteiger partial charge in [-0.3, -0.25) is 30.2 Å². The maximum atomic E-state index is 11.9. The number of aliphatic imine (C=N–C) groups is 2. The molecular formula is C20H20N4O6. The van der Waals surface area contributed by atoms with Crippen LogP contribution in [0.4, 0.5) is 11.4 Å². The third kappa shape index (κ3) is 6.89. The molecule has 1 unspecified atom stereocenters. The van der Waals surface area contributed by atoms with E-state index < -0.39 is 21.9 Å². The number of nitro benzene ring substituents is 2. The largest absolute Gasteiger partial charge is 0.467 e. The average Bonchev–Trinajstić information content (AvgIpc) is 2.75. The van der Waals surface area contributed by atoms with Gasteiger partial charge in [0.15, 0.2) is 0 Å². The number of benzene rings is 2. The normalized spacial score (nSPS) is 12.2. The lowest BCUT2D eigenvalue weighted by Crippen LogP contribution is -2.20. The molecule has 2 aromatic rings. The molecule has 0 saturated heterocycles. The number of methoxy groups -OCH3 is 1. The summed E-state index contributed by atoms with van der Waals surface area (Å²) in [6, 6.07) is 11.3. The van der Waals surface area contributed by atoms with Crippen molar-refractivity contribution < 1.29 is 19.4 Å². The summed E-state index contributed by atoms with van der Waals surface area (Å²) in [5.74, 6) is -0.514. The first-order chi connectivity index (χ1) is 14.4. The second kappa shape index (κ2) is 11.1. The van der Waals surface area contributed by atoms with E-state index >= 15 is 0 Å². The molecule has 10 nitrogen and oxygen atoms in total. The lowest BCUT2D eigenvalue weighted by molar-refractivity contribution is -0.385. The van der Waals surface area contributed by atoms with E-state index in [-0.39, 0.29) is 11.4 Å². The van der Waals surface area contributed by atoms with E-state index in [9.17, 15) is 25.0 Å². The second-order valence-corrected chi connectivity index (χ2v) is 6.20. The van der Waals surface area contributed by atoms with Gasteiger partial charge in [-0.15, -0.1) is 0 Å². The summed E-state index contributed by atoms with van der Waals surface area (Å²) in [4.78, 5) is 41.0. The highest BCUT2D eigenvalue weighted by Gasteiger charge is 2.17. The number of non-ortho nitro benzene ring substituents is 2. The number of hydrogen-bond acceptors (Lipinski definition) is 8. The van der Waals surface area contributed by atoms with Crippen molar-refractivity contribution in [2.24, 2.45) is 9.98 Å². The van der Waals surface area contributed by atoms with Crippen LogP contribution in [0, 0.1) is 20.2 Å². The first kappa shape index (κ1) is 22.3. The molecule has 10 heteroatoms. The first-order valence-corrected chi connectivity index (χ1v) is 9.00. The smallest absolute Gasteiger partial charge is 0.330 e. The van der Waals surface area contributed by atoms with Crippen LogP contribution in [0.3, 0.4) is 0 Å². The Balaban J connectivity index is 1.94. The zero-order chi connectivity index (χ0) is 21.9. The van der Waals surface area contributed by atoms with Crippen molar-refractivity contribution in [2.75, 3.05) is 13.7 Å². The van der Waals surface area contributed by atoms with Crippen LogP contribution >= 0.6 is 0 Å². The highest BCUT2D eigenvalue weighted by molar-refractivity contribution is 5.84. The number of carbonyl (C=O) groups excluding carboxylic acids is 1. The number of hydrogen-bond donors (Lipinski definition) is 0. The van der Waals surface area contributed by atoms with E-state index in [0.29, 0.717) is 30.5 Å². The molecule has 0 saturated carbocycles. The van der Waals surface area contributed by atoms with E-state index in [4.69, 9.17) is 4.74 Å². The maximum absolute atomic E-state index is 11.9. The Morgan fingerprint density at radius 1 is 1.03 bits per heavy atom. The third-order valence-corrected chi connectivity index (χ3v) is 4.04. The van der Waals surface area contributed by atoms with Gasteiger partial charge in [-0.05, 0) is 24.0 Å². The molecular weight excluding hydrogens is 392 g/mol. The summed E-state index contributed by atoms with van der Waals surface area (Å²) < 4.78 is 4.76. The van der Waals surface area contributed by atoms with E-state index in [1.165, 1.54) is 49.9 Å². The molecule has 0 spiro atoms. The number of nitrogens with zero attached hydrogens (tertiary/aromatic N) is 4. The summed E-state index contributed by atoms with van der Waals surface area (Å²) >= 11 is 0. The van der Waals surface area contributed by atoms with Gasteiger partial charge in [0.25, 0.3) is 11.4 Å². The summed E-state index contributed by atoms with van der Waals surface area (Å²) in [7, 11) is 1.26. The molecule has 0 radical (unpaired) electrons. The molecule has 0 N–H and O–H groups in total. The highest BCUT2D eigenvalue weighted by Crippen LogP contribution is 2.13. The highest BCUT2D eigenvalue weighted by atomic mass is 16.6. The Labute approximate surface area is 172 Å². The lowest BCUT2D eigenvalue weighted by atomic mass is 10.1. The number of carbonyl (C=O) groups is 1. The molecule has 0 heterocycles. The predicted octanol–water partition coefficient (Wildman–Crippen LogP) is 3.36. The van der Waals surface area contributed by atoms with Crippen LogP contribution in [0.2, 0.25) is 0 Å². The van der Waals surface area contributed by atoms with Gasteiger partial charge in [0, 0.05) is 43.2 Å². The molecule has 0 aromatic heterocycles. The van der Waals surface area contributed by atoms with Crippen molar-refractivity contribution in [3.05, 3.63) is 79.9 Å². The van der Waals surface area contributed by atoms with Gasteiger partial charge in [-0.25, -0.2) is 4.79 Å². The minimum absolute atomic E-state index is 0.0137. The molecule has 1 atom stereocenters. The van der Waals surface area contributed by atoms with Crippen molar-refractivity contribution in [1.29, 1.82) is 0 Å². The van der Waals surface area contributed by atoms with Gasteiger partial charge < -0.3 is 4.74 Å². The van der Waals surface area contributed by atoms with Crippen LogP contribution in [0.1, 0.15) is 24.0 Å². The summed E-state index contributed by atoms with van der Waals surface area (Å²) in [5, 5.41) is 21.6. The number of rotatable bonds is 10. The maximum Gasteiger partial charge on any atom is 0.330 e. The van der Waals surface area contributed by atoms with Crippen molar-refractivity contribution in [2.45, 2.75) is 18.9 Å². The molecule has 2 aromatic carbocycles. The Morgan fingerprint density at radius 3 is 2.13 bits per heavy atom. The molecule has 0 amide bonds. The van der Waals surface area contributed by atoms with Gasteiger partial charge in [-0.2, -0.15) is 0 Å². The topological polar surface area (TPSA) is 137 Å². The van der Waals surface area contributed by atoms with Gasteiger partial charge in [0.2, 0.25) is 0 Å². The van der Waals surface area contributed by atoms with E-state index in [2.05, 4.69) is 9.98 Å². The fraction of sp³-hybridized carbons (Fsp3) is 0.250. The molecule has 156 valence electrons. The minimum Gasteiger partial charge on any atom is -0.467 e. The number of esters is 1. The van der Waals surface area contributed by atoms with Crippen LogP contribution in [-0.4, -0.2) is 47.9 Å². The Hall–Kier alpha value is -3.95. The molecule has 0 bridgehead atoms. The zero-order valence-electron chi connectivity index (χ0n) is 16.2. The van der Waals surface area contributed by atoms with E-state index in [1.807, 2.05) is 0 Å². The second-order valence-electron chi connectivity index (χ2n) is 6.20. The van der Waals surface area contributed by atoms with Crippen molar-refractivity contribution in [3.8, 4) is 0 Å². The first-order valence-electron chi connectivity index (χ1n) is 9.00. The SMILES string of the molecule is COC(=O)C(CCCN=Cc1cccc([N+](=O)[O-])c1)N=Cc1cccc([N+](=O)[O-])c1. The zero-order valence-corrected chi connectivity index (χ0v) is 16.2. The van der Waals surface area contributed by atoms with Crippen molar-refractivity contribution >= 4 is 29.8 Å².